The molecule has 5 N–H and O–H groups in total. The lowest BCUT2D eigenvalue weighted by molar-refractivity contribution is -0.441. The van der Waals surface area contributed by atoms with E-state index in [2.05, 4.69) is 0 Å². The van der Waals surface area contributed by atoms with Crippen LogP contribution in [0, 0.1) is 46.5 Å². The number of halogens is 8. The summed E-state index contributed by atoms with van der Waals surface area (Å²) < 4.78 is 222. The minimum absolute atomic E-state index is 0.00919. The molecule has 16 nitrogen and oxygen atoms in total. The molecule has 3 heterocycles. The van der Waals surface area contributed by atoms with Gasteiger partial charge in [-0.1, -0.05) is 31.1 Å². The van der Waals surface area contributed by atoms with E-state index in [-0.39, 0.29) is 102 Å². The minimum atomic E-state index is -4.49. The van der Waals surface area contributed by atoms with E-state index in [1.54, 1.807) is 0 Å². The van der Waals surface area contributed by atoms with E-state index in [0.29, 0.717) is 4.73 Å². The number of carbonyl (C=O) groups excluding carboxylic acids is 1. The summed E-state index contributed by atoms with van der Waals surface area (Å²) in [5.41, 5.74) is -6.33. The van der Waals surface area contributed by atoms with E-state index in [1.807, 2.05) is 0 Å². The van der Waals surface area contributed by atoms with Crippen LogP contribution in [0.2, 0.25) is 0 Å². The van der Waals surface area contributed by atoms with Crippen LogP contribution in [0.15, 0.2) is 48.2 Å². The van der Waals surface area contributed by atoms with Crippen LogP contribution in [0.25, 0.3) is 0 Å². The van der Waals surface area contributed by atoms with Gasteiger partial charge in [-0.3, -0.25) is 13.7 Å². The van der Waals surface area contributed by atoms with E-state index in [4.69, 9.17) is 4.84 Å². The summed E-state index contributed by atoms with van der Waals surface area (Å²) in [6, 6.07) is 2.12. The van der Waals surface area contributed by atoms with Crippen LogP contribution >= 0.6 is 0 Å². The molecule has 2 atom stereocenters. The third kappa shape index (κ3) is 13.1. The van der Waals surface area contributed by atoms with Crippen molar-refractivity contribution in [2.45, 2.75) is 102 Å². The van der Waals surface area contributed by atoms with Crippen molar-refractivity contribution in [1.29, 1.82) is 0 Å². The first-order valence-electron chi connectivity index (χ1n) is 22.3. The number of nitrogens with zero attached hydrogens (tertiary/aromatic N) is 3. The van der Waals surface area contributed by atoms with Crippen molar-refractivity contribution in [1.82, 2.24) is 4.73 Å². The van der Waals surface area contributed by atoms with E-state index in [9.17, 15) is 62.7 Å². The molecule has 5 rings (SSSR count). The van der Waals surface area contributed by atoms with Crippen molar-refractivity contribution in [3.63, 3.8) is 0 Å². The SMILES string of the molecule is CC1(CCCCS(=O)(=O)O)C(=CC=CC=CC2=[N+](CCCCCC(=O)On3c(O)ccc3O)c3c(F)c(F)c(F)c(F)c3C2(C)CCCCS(=O)(=O)O)N(CCCCS(=O)(=O)O)c2c(F)c(F)c(F)c(F)c21. The molecule has 0 aliphatic carbocycles. The highest BCUT2D eigenvalue weighted by Gasteiger charge is 2.53. The first kappa shape index (κ1) is 57.5. The number of aromatic nitrogens is 1. The Morgan fingerprint density at radius 1 is 0.611 bits per heavy atom. The summed E-state index contributed by atoms with van der Waals surface area (Å²) in [7, 11) is -13.5. The maximum absolute atomic E-state index is 16.0. The van der Waals surface area contributed by atoms with Gasteiger partial charge in [-0.2, -0.15) is 34.2 Å². The Hall–Kier alpha value is -5.35. The number of fused-ring (bicyclic) bond motifs is 2. The largest absolute Gasteiger partial charge is 0.492 e. The van der Waals surface area contributed by atoms with Crippen LogP contribution in [0.5, 0.6) is 11.8 Å². The molecule has 0 spiro atoms. The second kappa shape index (κ2) is 22.8. The van der Waals surface area contributed by atoms with Crippen molar-refractivity contribution < 1.29 is 98.5 Å². The van der Waals surface area contributed by atoms with Gasteiger partial charge in [0.2, 0.25) is 23.4 Å². The fourth-order valence-electron chi connectivity index (χ4n) is 9.16. The topological polar surface area (TPSA) is 241 Å². The number of aromatic hydroxyl groups is 2. The van der Waals surface area contributed by atoms with Crippen molar-refractivity contribution in [3.05, 3.63) is 106 Å². The van der Waals surface area contributed by atoms with Crippen molar-refractivity contribution in [2.75, 3.05) is 35.2 Å². The summed E-state index contributed by atoms with van der Waals surface area (Å²) in [5, 5.41) is 19.5. The Kier molecular flexibility index (Phi) is 18.2. The highest BCUT2D eigenvalue weighted by Crippen LogP contribution is 2.54. The Labute approximate surface area is 409 Å². The normalized spacial score (nSPS) is 18.9. The lowest BCUT2D eigenvalue weighted by atomic mass is 9.75. The molecule has 27 heteroatoms. The maximum Gasteiger partial charge on any atom is 0.333 e. The summed E-state index contributed by atoms with van der Waals surface area (Å²) in [5.74, 6) is -20.0. The van der Waals surface area contributed by atoms with E-state index < -0.39 is 145 Å². The molecule has 398 valence electrons. The van der Waals surface area contributed by atoms with Crippen LogP contribution in [0.4, 0.5) is 46.5 Å². The molecule has 72 heavy (non-hydrogen) atoms. The molecule has 2 aliphatic heterocycles. The summed E-state index contributed by atoms with van der Waals surface area (Å²) in [4.78, 5) is 18.4. The predicted molar refractivity (Wildman–Crippen MR) is 245 cm³/mol. The van der Waals surface area contributed by atoms with Crippen molar-refractivity contribution in [2.24, 2.45) is 0 Å². The number of unbranched alkanes of at least 4 members (excludes halogenated alkanes) is 5. The van der Waals surface area contributed by atoms with Crippen molar-refractivity contribution in [3.8, 4) is 11.8 Å². The molecule has 0 radical (unpaired) electrons. The number of hydrogen-bond donors (Lipinski definition) is 5. The van der Waals surface area contributed by atoms with E-state index >= 15 is 26.3 Å². The Bertz CT molecular complexity index is 3040. The standard InChI is InChI=1S/C45H51F8N3O13S3/c1-44(20-8-12-24-70(60,61)62)27(54(42-32(44)34(46)36(48)38(50)40(42)52)22-10-4-7-17-31(59)69-56-29(57)18-19-30(56)58)15-5-3-6-16-28-45(2,21-9-13-25-71(63,64)65)33-35(47)37(49)39(51)41(53)43(33)55(28)23-11-14-26-72(66,67)68/h3,5-6,15-16,18-19H,4,7-14,17,20-26H2,1-2H3,(H4-,57,58,60,61,62,63,64,65,66,67,68)/p+1. The third-order valence-electron chi connectivity index (χ3n) is 12.5. The van der Waals surface area contributed by atoms with Gasteiger partial charge in [0.1, 0.15) is 6.54 Å². The van der Waals surface area contributed by atoms with Crippen LogP contribution in [0.1, 0.15) is 102 Å². The molecular formula is C45H52F8N3O13S3+. The van der Waals surface area contributed by atoms with Gasteiger partial charge >= 0.3 is 5.97 Å². The van der Waals surface area contributed by atoms with E-state index in [0.717, 1.165) is 21.6 Å². The molecule has 0 bridgehead atoms. The number of anilines is 1. The quantitative estimate of drug-likeness (QED) is 0.0102. The number of carbonyl (C=O) groups is 1. The molecule has 0 saturated heterocycles. The van der Waals surface area contributed by atoms with Gasteiger partial charge in [-0.05, 0) is 71.3 Å². The van der Waals surface area contributed by atoms with Crippen LogP contribution in [0.3, 0.4) is 0 Å². The Morgan fingerprint density at radius 3 is 1.67 bits per heavy atom. The average molecular weight is 1090 g/mol. The summed E-state index contributed by atoms with van der Waals surface area (Å²) >= 11 is 0. The zero-order valence-corrected chi connectivity index (χ0v) is 41.1. The Balaban J connectivity index is 1.58. The van der Waals surface area contributed by atoms with E-state index in [1.165, 1.54) is 44.2 Å². The summed E-state index contributed by atoms with van der Waals surface area (Å²) in [6.07, 6.45) is 4.92. The second-order valence-corrected chi connectivity index (χ2v) is 22.4. The smallest absolute Gasteiger partial charge is 0.333 e. The van der Waals surface area contributed by atoms with Gasteiger partial charge in [0, 0.05) is 54.3 Å². The lowest BCUT2D eigenvalue weighted by Crippen LogP contribution is -2.32. The zero-order chi connectivity index (χ0) is 53.7. The van der Waals surface area contributed by atoms with Gasteiger partial charge in [0.25, 0.3) is 36.0 Å². The molecular weight excluding hydrogens is 1040 g/mol. The fourth-order valence-corrected chi connectivity index (χ4v) is 10.9. The monoisotopic (exact) mass is 1090 g/mol. The van der Waals surface area contributed by atoms with Crippen molar-refractivity contribution >= 4 is 53.4 Å². The minimum Gasteiger partial charge on any atom is -0.492 e. The van der Waals surface area contributed by atoms with Gasteiger partial charge in [0.05, 0.1) is 33.9 Å². The molecule has 0 fully saturated rings. The fraction of sp³-hybridized carbons (Fsp3) is 0.467. The molecule has 2 aromatic carbocycles. The molecule has 3 aromatic rings. The van der Waals surface area contributed by atoms with Gasteiger partial charge in [-0.15, -0.1) is 4.73 Å². The van der Waals surface area contributed by atoms with Gasteiger partial charge < -0.3 is 20.0 Å². The maximum atomic E-state index is 16.0. The highest BCUT2D eigenvalue weighted by atomic mass is 32.2. The predicted octanol–water partition coefficient (Wildman–Crippen LogP) is 8.14. The summed E-state index contributed by atoms with van der Waals surface area (Å²) in [6.45, 7) is 2.08. The third-order valence-corrected chi connectivity index (χ3v) is 14.9. The van der Waals surface area contributed by atoms with Gasteiger partial charge in [-0.25, -0.2) is 35.5 Å². The molecule has 2 aliphatic rings. The average Bonchev–Trinajstić information content (AvgIpc) is 3.83. The second-order valence-electron chi connectivity index (χ2n) is 17.7. The number of hydrogen-bond acceptors (Lipinski definition) is 11. The Morgan fingerprint density at radius 2 is 1.11 bits per heavy atom. The number of benzene rings is 2. The highest BCUT2D eigenvalue weighted by molar-refractivity contribution is 7.86. The first-order chi connectivity index (χ1) is 33.4. The van der Waals surface area contributed by atoms with Gasteiger partial charge in [0.15, 0.2) is 40.6 Å². The molecule has 1 aromatic heterocycles. The number of rotatable bonds is 25. The zero-order valence-electron chi connectivity index (χ0n) is 38.7. The van der Waals surface area contributed by atoms with Crippen LogP contribution in [-0.2, 0) is 46.0 Å². The number of allylic oxidation sites excluding steroid dienone is 6. The first-order valence-corrected chi connectivity index (χ1v) is 27.1. The lowest BCUT2D eigenvalue weighted by Gasteiger charge is -2.30. The molecule has 0 saturated carbocycles. The van der Waals surface area contributed by atoms with Crippen LogP contribution in [-0.4, -0.2) is 100 Å². The molecule has 2 unspecified atom stereocenters. The molecule has 0 amide bonds. The van der Waals surface area contributed by atoms with Crippen LogP contribution < -0.4 is 9.74 Å².